The zero-order valence-electron chi connectivity index (χ0n) is 11.6. The zero-order chi connectivity index (χ0) is 15.6. The summed E-state index contributed by atoms with van der Waals surface area (Å²) in [6.07, 6.45) is -0.712. The van der Waals surface area contributed by atoms with Crippen molar-refractivity contribution in [3.8, 4) is 11.5 Å². The summed E-state index contributed by atoms with van der Waals surface area (Å²) in [7, 11) is 0. The lowest BCUT2D eigenvalue weighted by Crippen LogP contribution is -2.27. The van der Waals surface area contributed by atoms with Crippen molar-refractivity contribution in [1.82, 2.24) is 10.2 Å². The molecule has 1 aromatic heterocycles. The lowest BCUT2D eigenvalue weighted by molar-refractivity contribution is 0.0632. The molecule has 1 aromatic carbocycles. The third kappa shape index (κ3) is 4.25. The van der Waals surface area contributed by atoms with Gasteiger partial charge in [0.05, 0.1) is 5.56 Å². The van der Waals surface area contributed by atoms with Gasteiger partial charge in [0.15, 0.2) is 0 Å². The van der Waals surface area contributed by atoms with Crippen LogP contribution >= 0.6 is 15.9 Å². The summed E-state index contributed by atoms with van der Waals surface area (Å²) in [5.41, 5.74) is -0.252. The molecule has 0 saturated heterocycles. The number of amides is 1. The molecule has 0 atom stereocenters. The molecule has 1 heterocycles. The minimum Gasteiger partial charge on any atom is -0.443 e. The number of carbonyl (C=O) groups excluding carboxylic acids is 1. The third-order valence-corrected chi connectivity index (χ3v) is 2.88. The van der Waals surface area contributed by atoms with Gasteiger partial charge in [0.2, 0.25) is 0 Å². The fraction of sp³-hybridized carbons (Fsp3) is 0.308. The van der Waals surface area contributed by atoms with E-state index in [4.69, 9.17) is 9.15 Å². The fourth-order valence-electron chi connectivity index (χ4n) is 1.43. The minimum absolute atomic E-state index is 0.0763. The molecular formula is C13H13BrFN3O3. The number of nitrogens with one attached hydrogen (secondary N) is 1. The van der Waals surface area contributed by atoms with Crippen LogP contribution in [-0.2, 0) is 4.74 Å². The summed E-state index contributed by atoms with van der Waals surface area (Å²) in [6, 6.07) is 3.93. The number of aromatic nitrogens is 2. The van der Waals surface area contributed by atoms with Gasteiger partial charge in [-0.3, -0.25) is 0 Å². The number of anilines is 1. The van der Waals surface area contributed by atoms with Crippen molar-refractivity contribution >= 4 is 28.0 Å². The average Bonchev–Trinajstić information content (AvgIpc) is 2.78. The Morgan fingerprint density at radius 3 is 2.76 bits per heavy atom. The van der Waals surface area contributed by atoms with Gasteiger partial charge in [-0.25, -0.2) is 14.5 Å². The van der Waals surface area contributed by atoms with Gasteiger partial charge in [0, 0.05) is 4.47 Å². The highest BCUT2D eigenvalue weighted by atomic mass is 79.9. The first-order chi connectivity index (χ1) is 9.74. The zero-order valence-corrected chi connectivity index (χ0v) is 13.2. The maximum atomic E-state index is 13.2. The molecule has 0 saturated carbocycles. The number of halogens is 2. The molecular weight excluding hydrogens is 345 g/mol. The van der Waals surface area contributed by atoms with Crippen molar-refractivity contribution in [3.05, 3.63) is 28.5 Å². The largest absolute Gasteiger partial charge is 0.443 e. The smallest absolute Gasteiger partial charge is 0.415 e. The molecule has 1 N–H and O–H groups in total. The monoisotopic (exact) mass is 357 g/mol. The Kier molecular flexibility index (Phi) is 4.26. The van der Waals surface area contributed by atoms with Crippen LogP contribution in [0.15, 0.2) is 27.1 Å². The Bertz CT molecular complexity index is 667. The van der Waals surface area contributed by atoms with E-state index in [1.54, 1.807) is 20.8 Å². The molecule has 0 unspecified atom stereocenters. The molecule has 2 rings (SSSR count). The summed E-state index contributed by atoms with van der Waals surface area (Å²) in [5.74, 6) is -0.361. The van der Waals surface area contributed by atoms with Gasteiger partial charge in [-0.15, -0.1) is 5.10 Å². The van der Waals surface area contributed by atoms with Crippen molar-refractivity contribution in [3.63, 3.8) is 0 Å². The number of carbonyl (C=O) groups is 1. The maximum Gasteiger partial charge on any atom is 0.415 e. The van der Waals surface area contributed by atoms with E-state index in [1.165, 1.54) is 18.2 Å². The number of benzene rings is 1. The van der Waals surface area contributed by atoms with Gasteiger partial charge >= 0.3 is 12.1 Å². The molecule has 6 nitrogen and oxygen atoms in total. The molecule has 112 valence electrons. The Labute approximate surface area is 128 Å². The lowest BCUT2D eigenvalue weighted by Gasteiger charge is -2.18. The van der Waals surface area contributed by atoms with Gasteiger partial charge in [-0.2, -0.15) is 0 Å². The molecule has 0 fully saturated rings. The van der Waals surface area contributed by atoms with E-state index in [0.717, 1.165) is 0 Å². The van der Waals surface area contributed by atoms with Crippen LogP contribution in [0, 0.1) is 5.82 Å². The molecule has 0 aliphatic heterocycles. The molecule has 21 heavy (non-hydrogen) atoms. The minimum atomic E-state index is -0.712. The van der Waals surface area contributed by atoms with Gasteiger partial charge < -0.3 is 9.15 Å². The van der Waals surface area contributed by atoms with Crippen molar-refractivity contribution in [2.45, 2.75) is 26.4 Å². The van der Waals surface area contributed by atoms with E-state index in [9.17, 15) is 9.18 Å². The molecule has 1 amide bonds. The van der Waals surface area contributed by atoms with E-state index in [2.05, 4.69) is 31.4 Å². The highest BCUT2D eigenvalue weighted by Crippen LogP contribution is 2.28. The van der Waals surface area contributed by atoms with Crippen molar-refractivity contribution < 1.29 is 18.3 Å². The normalized spacial score (nSPS) is 11.3. The molecule has 0 radical (unpaired) electrons. The number of nitrogens with zero attached hydrogens (tertiary/aromatic N) is 2. The predicted octanol–water partition coefficient (Wildman–Crippen LogP) is 3.99. The standard InChI is InChI=1S/C13H13BrFN3O3/c1-13(2,3)21-12(19)16-11-18-17-10(20-11)8-6-7(15)4-5-9(8)14/h4-6H,1-3H3,(H,16,18,19). The van der Waals surface area contributed by atoms with Crippen LogP contribution in [-0.4, -0.2) is 21.9 Å². The second-order valence-corrected chi connectivity index (χ2v) is 6.02. The van der Waals surface area contributed by atoms with Crippen LogP contribution in [0.5, 0.6) is 0 Å². The average molecular weight is 358 g/mol. The van der Waals surface area contributed by atoms with Gasteiger partial charge in [0.25, 0.3) is 5.89 Å². The maximum absolute atomic E-state index is 13.2. The Morgan fingerprint density at radius 2 is 2.10 bits per heavy atom. The van der Waals surface area contributed by atoms with E-state index in [-0.39, 0.29) is 11.9 Å². The van der Waals surface area contributed by atoms with Crippen LogP contribution in [0.2, 0.25) is 0 Å². The number of hydrogen-bond acceptors (Lipinski definition) is 5. The summed E-state index contributed by atoms with van der Waals surface area (Å²) < 4.78 is 24.1. The molecule has 0 bridgehead atoms. The molecule has 0 aliphatic carbocycles. The van der Waals surface area contributed by atoms with Crippen molar-refractivity contribution in [1.29, 1.82) is 0 Å². The highest BCUT2D eigenvalue weighted by Gasteiger charge is 2.19. The first-order valence-electron chi connectivity index (χ1n) is 6.03. The number of rotatable bonds is 2. The molecule has 0 aliphatic rings. The predicted molar refractivity (Wildman–Crippen MR) is 77.2 cm³/mol. The molecule has 8 heteroatoms. The van der Waals surface area contributed by atoms with Crippen LogP contribution < -0.4 is 5.32 Å². The van der Waals surface area contributed by atoms with Gasteiger partial charge in [-0.1, -0.05) is 5.10 Å². The second-order valence-electron chi connectivity index (χ2n) is 5.16. The van der Waals surface area contributed by atoms with Crippen LogP contribution in [0.1, 0.15) is 20.8 Å². The first kappa shape index (κ1) is 15.4. The molecule has 0 spiro atoms. The van der Waals surface area contributed by atoms with Crippen molar-refractivity contribution in [2.75, 3.05) is 5.32 Å². The van der Waals surface area contributed by atoms with E-state index < -0.39 is 17.5 Å². The highest BCUT2D eigenvalue weighted by molar-refractivity contribution is 9.10. The summed E-state index contributed by atoms with van der Waals surface area (Å²) >= 11 is 3.26. The number of hydrogen-bond donors (Lipinski definition) is 1. The third-order valence-electron chi connectivity index (χ3n) is 2.19. The first-order valence-corrected chi connectivity index (χ1v) is 6.83. The van der Waals surface area contributed by atoms with Gasteiger partial charge in [0.1, 0.15) is 11.4 Å². The van der Waals surface area contributed by atoms with Gasteiger partial charge in [-0.05, 0) is 54.9 Å². The Morgan fingerprint density at radius 1 is 1.38 bits per heavy atom. The molecule has 2 aromatic rings. The van der Waals surface area contributed by atoms with E-state index >= 15 is 0 Å². The summed E-state index contributed by atoms with van der Waals surface area (Å²) in [4.78, 5) is 11.6. The van der Waals surface area contributed by atoms with E-state index in [1.807, 2.05) is 0 Å². The second kappa shape index (κ2) is 5.80. The van der Waals surface area contributed by atoms with Crippen LogP contribution in [0.25, 0.3) is 11.5 Å². The summed E-state index contributed by atoms with van der Waals surface area (Å²) in [5, 5.41) is 9.73. The quantitative estimate of drug-likeness (QED) is 0.879. The number of ether oxygens (including phenoxy) is 1. The van der Waals surface area contributed by atoms with E-state index in [0.29, 0.717) is 10.0 Å². The fourth-order valence-corrected chi connectivity index (χ4v) is 1.85. The summed E-state index contributed by atoms with van der Waals surface area (Å²) in [6.45, 7) is 5.20. The SMILES string of the molecule is CC(C)(C)OC(=O)Nc1nnc(-c2cc(F)ccc2Br)o1. The van der Waals surface area contributed by atoms with Crippen LogP contribution in [0.4, 0.5) is 15.2 Å². The topological polar surface area (TPSA) is 77.2 Å². The Hall–Kier alpha value is -1.96. The van der Waals surface area contributed by atoms with Crippen LogP contribution in [0.3, 0.4) is 0 Å². The van der Waals surface area contributed by atoms with Crippen molar-refractivity contribution in [2.24, 2.45) is 0 Å². The lowest BCUT2D eigenvalue weighted by atomic mass is 10.2. The Balaban J connectivity index is 2.15.